The van der Waals surface area contributed by atoms with E-state index in [0.717, 1.165) is 37.2 Å². The van der Waals surface area contributed by atoms with Gasteiger partial charge in [0.05, 0.1) is 5.70 Å². The first-order chi connectivity index (χ1) is 15.6. The summed E-state index contributed by atoms with van der Waals surface area (Å²) in [5.74, 6) is 1.30. The number of benzene rings is 3. The predicted molar refractivity (Wildman–Crippen MR) is 136 cm³/mol. The molecule has 1 aromatic heterocycles. The molecule has 0 spiro atoms. The zero-order valence-corrected chi connectivity index (χ0v) is 20.0. The molecule has 2 heterocycles. The lowest BCUT2D eigenvalue weighted by Crippen LogP contribution is -2.24. The van der Waals surface area contributed by atoms with Crippen LogP contribution in [-0.2, 0) is 4.79 Å². The molecule has 0 saturated heterocycles. The number of furan rings is 1. The van der Waals surface area contributed by atoms with Crippen LogP contribution < -0.4 is 4.90 Å². The van der Waals surface area contributed by atoms with Gasteiger partial charge in [0.2, 0.25) is 0 Å². The Labute approximate surface area is 202 Å². The highest BCUT2D eigenvalue weighted by Crippen LogP contribution is 2.36. The van der Waals surface area contributed by atoms with Crippen LogP contribution >= 0.6 is 31.9 Å². The summed E-state index contributed by atoms with van der Waals surface area (Å²) < 4.78 is 7.99. The Hall–Kier alpha value is -3.15. The summed E-state index contributed by atoms with van der Waals surface area (Å²) in [7, 11) is 0. The quantitative estimate of drug-likeness (QED) is 0.243. The normalized spacial score (nSPS) is 14.8. The van der Waals surface area contributed by atoms with Gasteiger partial charge < -0.3 is 4.42 Å². The zero-order valence-electron chi connectivity index (χ0n) is 16.8. The van der Waals surface area contributed by atoms with Gasteiger partial charge in [-0.2, -0.15) is 0 Å². The van der Waals surface area contributed by atoms with Crippen molar-refractivity contribution in [2.75, 3.05) is 4.90 Å². The Balaban J connectivity index is 1.53. The van der Waals surface area contributed by atoms with E-state index in [9.17, 15) is 4.79 Å². The van der Waals surface area contributed by atoms with Crippen LogP contribution in [-0.4, -0.2) is 5.91 Å². The second-order valence-electron chi connectivity index (χ2n) is 7.32. The second kappa shape index (κ2) is 8.77. The van der Waals surface area contributed by atoms with Gasteiger partial charge in [0.1, 0.15) is 11.5 Å². The lowest BCUT2D eigenvalue weighted by molar-refractivity contribution is -0.113. The van der Waals surface area contributed by atoms with Crippen LogP contribution in [0.3, 0.4) is 0 Å². The zero-order chi connectivity index (χ0) is 22.1. The minimum Gasteiger partial charge on any atom is -0.457 e. The fourth-order valence-corrected chi connectivity index (χ4v) is 4.16. The lowest BCUT2D eigenvalue weighted by Gasteiger charge is -2.20. The van der Waals surface area contributed by atoms with Crippen molar-refractivity contribution >= 4 is 55.2 Å². The first kappa shape index (κ1) is 20.7. The van der Waals surface area contributed by atoms with Crippen molar-refractivity contribution in [3.63, 3.8) is 0 Å². The van der Waals surface area contributed by atoms with Gasteiger partial charge in [0.15, 0.2) is 0 Å². The van der Waals surface area contributed by atoms with Crippen LogP contribution in [0.5, 0.6) is 0 Å². The lowest BCUT2D eigenvalue weighted by atomic mass is 10.1. The number of anilines is 1. The van der Waals surface area contributed by atoms with E-state index in [1.165, 1.54) is 0 Å². The summed E-state index contributed by atoms with van der Waals surface area (Å²) in [6, 6.07) is 29.4. The molecule has 0 saturated carbocycles. The van der Waals surface area contributed by atoms with Crippen LogP contribution in [0.25, 0.3) is 23.1 Å². The summed E-state index contributed by atoms with van der Waals surface area (Å²) in [4.78, 5) is 15.2. The number of nitrogens with zero attached hydrogens (tertiary/aromatic N) is 1. The van der Waals surface area contributed by atoms with E-state index in [1.54, 1.807) is 11.0 Å². The number of halogens is 2. The fourth-order valence-electron chi connectivity index (χ4n) is 3.64. The molecule has 0 bridgehead atoms. The average molecular weight is 547 g/mol. The topological polar surface area (TPSA) is 33.5 Å². The highest BCUT2D eigenvalue weighted by molar-refractivity contribution is 9.10. The monoisotopic (exact) mass is 545 g/mol. The minimum atomic E-state index is -0.0900. The molecule has 0 N–H and O–H groups in total. The van der Waals surface area contributed by atoms with Crippen molar-refractivity contribution in [2.24, 2.45) is 0 Å². The summed E-state index contributed by atoms with van der Waals surface area (Å²) in [5.41, 5.74) is 4.17. The molecule has 5 heteroatoms. The first-order valence-corrected chi connectivity index (χ1v) is 11.6. The van der Waals surface area contributed by atoms with Crippen molar-refractivity contribution in [3.05, 3.63) is 123 Å². The third-order valence-corrected chi connectivity index (χ3v) is 6.25. The molecule has 156 valence electrons. The van der Waals surface area contributed by atoms with Crippen molar-refractivity contribution in [2.45, 2.75) is 0 Å². The summed E-state index contributed by atoms with van der Waals surface area (Å²) in [5, 5.41) is 0. The predicted octanol–water partition coefficient (Wildman–Crippen LogP) is 7.94. The number of hydrogen-bond acceptors (Lipinski definition) is 2. The van der Waals surface area contributed by atoms with Crippen LogP contribution in [0, 0.1) is 0 Å². The van der Waals surface area contributed by atoms with Crippen LogP contribution in [0.4, 0.5) is 5.69 Å². The van der Waals surface area contributed by atoms with Gasteiger partial charge in [-0.15, -0.1) is 0 Å². The largest absolute Gasteiger partial charge is 0.457 e. The second-order valence-corrected chi connectivity index (χ2v) is 9.15. The summed E-state index contributed by atoms with van der Waals surface area (Å²) >= 11 is 6.92. The maximum absolute atomic E-state index is 13.4. The SMILES string of the molecule is O=C1C(=Cc2ccc(-c3ccc(Br)cc3)o2)C=C(c2ccccc2)N1c1ccc(Br)cc1. The molecule has 32 heavy (non-hydrogen) atoms. The third-order valence-electron chi connectivity index (χ3n) is 5.19. The fraction of sp³-hybridized carbons (Fsp3) is 0. The Morgan fingerprint density at radius 1 is 0.719 bits per heavy atom. The van der Waals surface area contributed by atoms with E-state index < -0.39 is 0 Å². The van der Waals surface area contributed by atoms with E-state index in [-0.39, 0.29) is 5.91 Å². The van der Waals surface area contributed by atoms with E-state index in [0.29, 0.717) is 11.3 Å². The summed E-state index contributed by atoms with van der Waals surface area (Å²) in [6.45, 7) is 0. The minimum absolute atomic E-state index is 0.0900. The molecule has 1 aliphatic heterocycles. The standard InChI is InChI=1S/C27H17Br2NO2/c28-21-8-6-19(7-9-21)26-15-14-24(32-26)16-20-17-25(18-4-2-1-3-5-18)30(27(20)31)23-12-10-22(29)11-13-23/h1-17H. The molecule has 5 rings (SSSR count). The molecule has 3 nitrogen and oxygen atoms in total. The molecular weight excluding hydrogens is 530 g/mol. The van der Waals surface area contributed by atoms with Crippen molar-refractivity contribution in [3.8, 4) is 11.3 Å². The van der Waals surface area contributed by atoms with Gasteiger partial charge in [-0.25, -0.2) is 0 Å². The summed E-state index contributed by atoms with van der Waals surface area (Å²) in [6.07, 6.45) is 3.72. The van der Waals surface area contributed by atoms with Crippen LogP contribution in [0.2, 0.25) is 0 Å². The first-order valence-electron chi connectivity index (χ1n) is 10.0. The van der Waals surface area contributed by atoms with Gasteiger partial charge >= 0.3 is 0 Å². The van der Waals surface area contributed by atoms with Gasteiger partial charge in [-0.1, -0.05) is 74.3 Å². The third kappa shape index (κ3) is 4.14. The molecular formula is C27H17Br2NO2. The highest BCUT2D eigenvalue weighted by Gasteiger charge is 2.30. The molecule has 0 radical (unpaired) electrons. The Kier molecular flexibility index (Phi) is 5.68. The van der Waals surface area contributed by atoms with Crippen LogP contribution in [0.15, 0.2) is 116 Å². The maximum atomic E-state index is 13.4. The van der Waals surface area contributed by atoms with Gasteiger partial charge in [0, 0.05) is 25.8 Å². The van der Waals surface area contributed by atoms with Gasteiger partial charge in [0.25, 0.3) is 5.91 Å². The Bertz CT molecular complexity index is 1330. The smallest absolute Gasteiger partial charge is 0.263 e. The molecule has 0 atom stereocenters. The Morgan fingerprint density at radius 3 is 2.06 bits per heavy atom. The molecule has 3 aromatic carbocycles. The van der Waals surface area contributed by atoms with Crippen molar-refractivity contribution in [1.82, 2.24) is 0 Å². The van der Waals surface area contributed by atoms with Gasteiger partial charge in [-0.05, 0) is 66.2 Å². The molecule has 0 unspecified atom stereocenters. The number of carbonyl (C=O) groups is 1. The number of amides is 1. The van der Waals surface area contributed by atoms with Crippen molar-refractivity contribution < 1.29 is 9.21 Å². The van der Waals surface area contributed by atoms with E-state index in [1.807, 2.05) is 97.1 Å². The average Bonchev–Trinajstić information content (AvgIpc) is 3.41. The number of hydrogen-bond donors (Lipinski definition) is 0. The highest BCUT2D eigenvalue weighted by atomic mass is 79.9. The molecule has 0 aliphatic carbocycles. The van der Waals surface area contributed by atoms with E-state index in [4.69, 9.17) is 4.42 Å². The van der Waals surface area contributed by atoms with E-state index >= 15 is 0 Å². The molecule has 1 amide bonds. The van der Waals surface area contributed by atoms with Crippen molar-refractivity contribution in [1.29, 1.82) is 0 Å². The molecule has 4 aromatic rings. The maximum Gasteiger partial charge on any atom is 0.263 e. The van der Waals surface area contributed by atoms with Crippen LogP contribution in [0.1, 0.15) is 11.3 Å². The van der Waals surface area contributed by atoms with Gasteiger partial charge in [-0.3, -0.25) is 9.69 Å². The Morgan fingerprint density at radius 2 is 1.38 bits per heavy atom. The number of carbonyl (C=O) groups excluding carboxylic acids is 1. The molecule has 0 fully saturated rings. The molecule has 1 aliphatic rings. The number of rotatable bonds is 4. The van der Waals surface area contributed by atoms with E-state index in [2.05, 4.69) is 31.9 Å².